The molecule has 0 saturated carbocycles. The van der Waals surface area contributed by atoms with Gasteiger partial charge in [0, 0.05) is 13.0 Å². The van der Waals surface area contributed by atoms with E-state index in [0.29, 0.717) is 16.2 Å². The van der Waals surface area contributed by atoms with Crippen LogP contribution in [0.1, 0.15) is 103 Å². The predicted molar refractivity (Wildman–Crippen MR) is 140 cm³/mol. The minimum absolute atomic E-state index is 0.143. The molecule has 0 bridgehead atoms. The Balaban J connectivity index is 1.65. The molecule has 2 rings (SSSR count). The van der Waals surface area contributed by atoms with E-state index in [1.54, 1.807) is 7.11 Å². The lowest BCUT2D eigenvalue weighted by Gasteiger charge is -2.28. The van der Waals surface area contributed by atoms with Crippen molar-refractivity contribution in [2.45, 2.75) is 111 Å². The highest BCUT2D eigenvalue weighted by Gasteiger charge is 2.21. The van der Waals surface area contributed by atoms with Crippen LogP contribution in [0, 0.1) is 12.3 Å². The summed E-state index contributed by atoms with van der Waals surface area (Å²) in [5.74, 6) is 1.82. The zero-order chi connectivity index (χ0) is 24.3. The van der Waals surface area contributed by atoms with Crippen LogP contribution in [0.2, 0.25) is 10.4 Å². The Kier molecular flexibility index (Phi) is 12.0. The maximum absolute atomic E-state index is 6.31. The van der Waals surface area contributed by atoms with Crippen LogP contribution in [0.4, 0.5) is 0 Å². The maximum atomic E-state index is 6.31. The summed E-state index contributed by atoms with van der Waals surface area (Å²) in [5.41, 5.74) is 1.83. The van der Waals surface area contributed by atoms with E-state index >= 15 is 0 Å². The van der Waals surface area contributed by atoms with E-state index in [4.69, 9.17) is 27.9 Å². The van der Waals surface area contributed by atoms with Gasteiger partial charge >= 0.3 is 0 Å². The lowest BCUT2D eigenvalue weighted by molar-refractivity contribution is 0.240. The molecule has 0 aliphatic carbocycles. The SMILES string of the molecule is C=C(CCCCCCCCC(C)(CC)CCCCCn1c(C)nc2nc(Cl)nc(Cl)c21)OC. The fourth-order valence-corrected chi connectivity index (χ4v) is 4.99. The Labute approximate surface area is 210 Å². The molecule has 5 nitrogen and oxygen atoms in total. The number of fused-ring (bicyclic) bond motifs is 1. The zero-order valence-corrected chi connectivity index (χ0v) is 22.6. The van der Waals surface area contributed by atoms with Crippen LogP contribution in [0.3, 0.4) is 0 Å². The molecule has 0 N–H and O–H groups in total. The third-order valence-electron chi connectivity index (χ3n) is 7.01. The van der Waals surface area contributed by atoms with Crippen molar-refractivity contribution in [3.8, 4) is 0 Å². The van der Waals surface area contributed by atoms with Crippen molar-refractivity contribution in [3.63, 3.8) is 0 Å². The number of aromatic nitrogens is 4. The minimum Gasteiger partial charge on any atom is -0.502 e. The van der Waals surface area contributed by atoms with Gasteiger partial charge in [-0.15, -0.1) is 0 Å². The van der Waals surface area contributed by atoms with Gasteiger partial charge < -0.3 is 9.30 Å². The van der Waals surface area contributed by atoms with E-state index < -0.39 is 0 Å². The molecule has 0 radical (unpaired) electrons. The highest BCUT2D eigenvalue weighted by molar-refractivity contribution is 6.35. The van der Waals surface area contributed by atoms with Gasteiger partial charge in [-0.1, -0.05) is 83.4 Å². The average molecular weight is 498 g/mol. The Bertz CT molecular complexity index is 883. The van der Waals surface area contributed by atoms with Gasteiger partial charge in [0.1, 0.15) is 11.3 Å². The molecule has 0 aliphatic rings. The molecule has 1 unspecified atom stereocenters. The van der Waals surface area contributed by atoms with Crippen molar-refractivity contribution in [2.75, 3.05) is 7.11 Å². The normalized spacial score (nSPS) is 13.4. The third-order valence-corrected chi connectivity index (χ3v) is 7.45. The first-order valence-electron chi connectivity index (χ1n) is 12.6. The van der Waals surface area contributed by atoms with Crippen LogP contribution >= 0.6 is 23.2 Å². The first-order valence-corrected chi connectivity index (χ1v) is 13.3. The Morgan fingerprint density at radius 2 is 1.55 bits per heavy atom. The number of hydrogen-bond acceptors (Lipinski definition) is 4. The van der Waals surface area contributed by atoms with Crippen molar-refractivity contribution in [2.24, 2.45) is 5.41 Å². The number of aryl methyl sites for hydroxylation is 2. The van der Waals surface area contributed by atoms with Gasteiger partial charge in [0.15, 0.2) is 10.8 Å². The van der Waals surface area contributed by atoms with E-state index in [9.17, 15) is 0 Å². The Morgan fingerprint density at radius 1 is 0.939 bits per heavy atom. The number of rotatable bonds is 17. The van der Waals surface area contributed by atoms with E-state index in [1.807, 2.05) is 6.92 Å². The van der Waals surface area contributed by atoms with Crippen LogP contribution in [0.5, 0.6) is 0 Å². The molecule has 0 aromatic carbocycles. The van der Waals surface area contributed by atoms with Gasteiger partial charge in [0.2, 0.25) is 5.28 Å². The molecule has 1 atom stereocenters. The Morgan fingerprint density at radius 3 is 2.18 bits per heavy atom. The molecule has 0 amide bonds. The summed E-state index contributed by atoms with van der Waals surface area (Å²) in [6.45, 7) is 11.6. The van der Waals surface area contributed by atoms with E-state index in [1.165, 1.54) is 70.6 Å². The van der Waals surface area contributed by atoms with Crippen LogP contribution in [0.25, 0.3) is 11.2 Å². The van der Waals surface area contributed by atoms with Crippen molar-refractivity contribution >= 4 is 34.4 Å². The van der Waals surface area contributed by atoms with Crippen LogP contribution in [-0.4, -0.2) is 26.6 Å². The fraction of sp³-hybridized carbons (Fsp3) is 0.731. The lowest BCUT2D eigenvalue weighted by atomic mass is 9.77. The summed E-state index contributed by atoms with van der Waals surface area (Å²) < 4.78 is 7.25. The van der Waals surface area contributed by atoms with Crippen LogP contribution in [-0.2, 0) is 11.3 Å². The van der Waals surface area contributed by atoms with Crippen molar-refractivity contribution in [1.29, 1.82) is 0 Å². The molecular weight excluding hydrogens is 455 g/mol. The van der Waals surface area contributed by atoms with Gasteiger partial charge in [-0.3, -0.25) is 0 Å². The van der Waals surface area contributed by atoms with Gasteiger partial charge in [0.05, 0.1) is 12.9 Å². The topological polar surface area (TPSA) is 52.8 Å². The minimum atomic E-state index is 0.143. The molecule has 0 saturated heterocycles. The molecule has 2 aromatic rings. The van der Waals surface area contributed by atoms with Crippen molar-refractivity contribution in [3.05, 3.63) is 28.6 Å². The molecule has 0 spiro atoms. The largest absolute Gasteiger partial charge is 0.502 e. The molecule has 33 heavy (non-hydrogen) atoms. The molecule has 2 heterocycles. The fourth-order valence-electron chi connectivity index (χ4n) is 4.51. The predicted octanol–water partition coefficient (Wildman–Crippen LogP) is 8.70. The first kappa shape index (κ1) is 27.9. The van der Waals surface area contributed by atoms with Crippen molar-refractivity contribution in [1.82, 2.24) is 19.5 Å². The summed E-state index contributed by atoms with van der Waals surface area (Å²) in [5, 5.41) is 0.522. The molecular formula is C26H42Cl2N4O. The van der Waals surface area contributed by atoms with Gasteiger partial charge in [-0.2, -0.15) is 4.98 Å². The average Bonchev–Trinajstić information content (AvgIpc) is 3.10. The summed E-state index contributed by atoms with van der Waals surface area (Å²) >= 11 is 12.2. The standard InChI is InChI=1S/C26H42Cl2N4O/c1-6-26(4,17-13-10-8-7-9-12-16-20(2)33-5)18-14-11-15-19-32-21(3)29-24-22(32)23(27)30-25(28)31-24/h2,6-19H2,1,3-5H3. The third kappa shape index (κ3) is 9.09. The number of ether oxygens (including phenoxy) is 1. The summed E-state index contributed by atoms with van der Waals surface area (Å²) in [6.07, 6.45) is 16.3. The number of nitrogens with zero attached hydrogens (tertiary/aromatic N) is 4. The maximum Gasteiger partial charge on any atom is 0.225 e. The number of allylic oxidation sites excluding steroid dienone is 1. The van der Waals surface area contributed by atoms with Gasteiger partial charge in [-0.25, -0.2) is 9.97 Å². The second-order valence-electron chi connectivity index (χ2n) is 9.61. The molecule has 7 heteroatoms. The molecule has 0 aliphatic heterocycles. The number of hydrogen-bond donors (Lipinski definition) is 0. The number of unbranched alkanes of at least 4 members (excludes halogenated alkanes) is 7. The van der Waals surface area contributed by atoms with Crippen molar-refractivity contribution < 1.29 is 4.74 Å². The first-order chi connectivity index (χ1) is 15.8. The monoisotopic (exact) mass is 496 g/mol. The molecule has 186 valence electrons. The van der Waals surface area contributed by atoms with Gasteiger partial charge in [-0.05, 0) is 49.6 Å². The number of methoxy groups -OCH3 is 1. The van der Waals surface area contributed by atoms with E-state index in [2.05, 4.69) is 39.9 Å². The highest BCUT2D eigenvalue weighted by atomic mass is 35.5. The smallest absolute Gasteiger partial charge is 0.225 e. The number of imidazole rings is 1. The second kappa shape index (κ2) is 14.2. The van der Waals surface area contributed by atoms with Crippen LogP contribution < -0.4 is 0 Å². The van der Waals surface area contributed by atoms with E-state index in [0.717, 1.165) is 36.5 Å². The van der Waals surface area contributed by atoms with E-state index in [-0.39, 0.29) is 5.28 Å². The summed E-state index contributed by atoms with van der Waals surface area (Å²) in [7, 11) is 1.71. The number of halogens is 2. The summed E-state index contributed by atoms with van der Waals surface area (Å²) in [6, 6.07) is 0. The lowest BCUT2D eigenvalue weighted by Crippen LogP contribution is -2.15. The molecule has 2 aromatic heterocycles. The quantitative estimate of drug-likeness (QED) is 0.0949. The van der Waals surface area contributed by atoms with Crippen LogP contribution in [0.15, 0.2) is 12.3 Å². The Hall–Kier alpha value is -1.33. The summed E-state index contributed by atoms with van der Waals surface area (Å²) in [4.78, 5) is 12.8. The highest BCUT2D eigenvalue weighted by Crippen LogP contribution is 2.34. The zero-order valence-electron chi connectivity index (χ0n) is 21.1. The van der Waals surface area contributed by atoms with Gasteiger partial charge in [0.25, 0.3) is 0 Å². The second-order valence-corrected chi connectivity index (χ2v) is 10.3. The molecule has 0 fully saturated rings.